The number of anilines is 1. The maximum absolute atomic E-state index is 12.4. The van der Waals surface area contributed by atoms with Crippen LogP contribution in [0.25, 0.3) is 0 Å². The number of urea groups is 1. The van der Waals surface area contributed by atoms with Crippen molar-refractivity contribution >= 4 is 22.5 Å². The number of aromatic nitrogens is 2. The molecule has 0 fully saturated rings. The molecule has 1 aromatic heterocycles. The number of rotatable bonds is 7. The SMILES string of the molecule is CC(C)Cc1nnc(NC(=O)N(CCO)Cc2ccccc2)s1. The first-order chi connectivity index (χ1) is 11.1. The van der Waals surface area contributed by atoms with Gasteiger partial charge in [0.15, 0.2) is 0 Å². The van der Waals surface area contributed by atoms with Gasteiger partial charge in [0.25, 0.3) is 0 Å². The molecule has 0 aliphatic carbocycles. The van der Waals surface area contributed by atoms with Gasteiger partial charge in [-0.1, -0.05) is 55.5 Å². The molecule has 7 heteroatoms. The summed E-state index contributed by atoms with van der Waals surface area (Å²) in [5.74, 6) is 0.496. The Balaban J connectivity index is 1.99. The fourth-order valence-corrected chi connectivity index (χ4v) is 3.02. The second-order valence-corrected chi connectivity index (χ2v) is 6.72. The van der Waals surface area contributed by atoms with Gasteiger partial charge in [0.2, 0.25) is 5.13 Å². The van der Waals surface area contributed by atoms with E-state index < -0.39 is 0 Å². The Morgan fingerprint density at radius 1 is 1.30 bits per heavy atom. The highest BCUT2D eigenvalue weighted by Crippen LogP contribution is 2.19. The van der Waals surface area contributed by atoms with Crippen LogP contribution in [0.2, 0.25) is 0 Å². The van der Waals surface area contributed by atoms with Crippen molar-refractivity contribution in [3.63, 3.8) is 0 Å². The summed E-state index contributed by atoms with van der Waals surface area (Å²) in [5.41, 5.74) is 1.01. The summed E-state index contributed by atoms with van der Waals surface area (Å²) < 4.78 is 0. The number of carbonyl (C=O) groups excluding carboxylic acids is 1. The Bertz CT molecular complexity index is 616. The summed E-state index contributed by atoms with van der Waals surface area (Å²) in [5, 5.41) is 21.4. The van der Waals surface area contributed by atoms with E-state index >= 15 is 0 Å². The molecule has 0 bridgehead atoms. The van der Waals surface area contributed by atoms with Crippen molar-refractivity contribution in [3.8, 4) is 0 Å². The van der Waals surface area contributed by atoms with Crippen LogP contribution < -0.4 is 5.32 Å². The van der Waals surface area contributed by atoms with E-state index in [1.807, 2.05) is 30.3 Å². The number of hydrogen-bond donors (Lipinski definition) is 2. The summed E-state index contributed by atoms with van der Waals surface area (Å²) in [7, 11) is 0. The first kappa shape index (κ1) is 17.4. The quantitative estimate of drug-likeness (QED) is 0.816. The molecule has 0 saturated carbocycles. The average molecular weight is 334 g/mol. The Hall–Kier alpha value is -1.99. The van der Waals surface area contributed by atoms with Crippen molar-refractivity contribution in [3.05, 3.63) is 40.9 Å². The fourth-order valence-electron chi connectivity index (χ4n) is 2.08. The van der Waals surface area contributed by atoms with Crippen molar-refractivity contribution in [1.29, 1.82) is 0 Å². The predicted molar refractivity (Wildman–Crippen MR) is 91.4 cm³/mol. The third-order valence-electron chi connectivity index (χ3n) is 3.14. The monoisotopic (exact) mass is 334 g/mol. The normalized spacial score (nSPS) is 10.8. The molecule has 0 unspecified atom stereocenters. The van der Waals surface area contributed by atoms with E-state index in [1.54, 1.807) is 4.90 Å². The third-order valence-corrected chi connectivity index (χ3v) is 4.00. The van der Waals surface area contributed by atoms with Crippen LogP contribution in [0.3, 0.4) is 0 Å². The zero-order valence-electron chi connectivity index (χ0n) is 13.4. The molecule has 0 spiro atoms. The lowest BCUT2D eigenvalue weighted by Crippen LogP contribution is -2.36. The van der Waals surface area contributed by atoms with Gasteiger partial charge < -0.3 is 10.0 Å². The number of carbonyl (C=O) groups is 1. The van der Waals surface area contributed by atoms with Gasteiger partial charge in [0.05, 0.1) is 6.61 Å². The molecular formula is C16H22N4O2S. The minimum Gasteiger partial charge on any atom is -0.395 e. The van der Waals surface area contributed by atoms with Crippen molar-refractivity contribution in [1.82, 2.24) is 15.1 Å². The summed E-state index contributed by atoms with van der Waals surface area (Å²) in [6.45, 7) is 4.84. The summed E-state index contributed by atoms with van der Waals surface area (Å²) >= 11 is 1.39. The van der Waals surface area contributed by atoms with Crippen molar-refractivity contribution < 1.29 is 9.90 Å². The lowest BCUT2D eigenvalue weighted by Gasteiger charge is -2.21. The van der Waals surface area contributed by atoms with E-state index in [1.165, 1.54) is 11.3 Å². The molecule has 1 aromatic carbocycles. The van der Waals surface area contributed by atoms with Crippen LogP contribution in [0.15, 0.2) is 30.3 Å². The van der Waals surface area contributed by atoms with Gasteiger partial charge in [0, 0.05) is 19.5 Å². The third kappa shape index (κ3) is 5.61. The zero-order chi connectivity index (χ0) is 16.7. The number of aliphatic hydroxyl groups excluding tert-OH is 1. The maximum Gasteiger partial charge on any atom is 0.324 e. The molecule has 0 aliphatic rings. The van der Waals surface area contributed by atoms with E-state index in [0.717, 1.165) is 17.0 Å². The molecule has 0 atom stereocenters. The Morgan fingerprint density at radius 2 is 2.04 bits per heavy atom. The number of aliphatic hydroxyl groups is 1. The van der Waals surface area contributed by atoms with Crippen molar-refractivity contribution in [2.24, 2.45) is 5.92 Å². The summed E-state index contributed by atoms with van der Waals surface area (Å²) in [4.78, 5) is 13.9. The topological polar surface area (TPSA) is 78.4 Å². The largest absolute Gasteiger partial charge is 0.395 e. The lowest BCUT2D eigenvalue weighted by molar-refractivity contribution is 0.185. The van der Waals surface area contributed by atoms with Crippen molar-refractivity contribution in [2.75, 3.05) is 18.5 Å². The number of nitrogens with zero attached hydrogens (tertiary/aromatic N) is 3. The lowest BCUT2D eigenvalue weighted by atomic mass is 10.1. The van der Waals surface area contributed by atoms with Gasteiger partial charge in [0.1, 0.15) is 5.01 Å². The Kier molecular flexibility index (Phi) is 6.49. The van der Waals surface area contributed by atoms with Crippen molar-refractivity contribution in [2.45, 2.75) is 26.8 Å². The number of nitrogens with one attached hydrogen (secondary N) is 1. The maximum atomic E-state index is 12.4. The summed E-state index contributed by atoms with van der Waals surface area (Å²) in [6.07, 6.45) is 0.845. The standard InChI is InChI=1S/C16H22N4O2S/c1-12(2)10-14-18-19-15(23-14)17-16(22)20(8-9-21)11-13-6-4-3-5-7-13/h3-7,12,21H,8-11H2,1-2H3,(H,17,19,22). The second-order valence-electron chi connectivity index (χ2n) is 5.66. The Labute approximate surface area is 140 Å². The van der Waals surface area contributed by atoms with Crippen LogP contribution in [0.5, 0.6) is 0 Å². The number of hydrogen-bond acceptors (Lipinski definition) is 5. The smallest absolute Gasteiger partial charge is 0.324 e. The van der Waals surface area contributed by atoms with Crippen LogP contribution in [-0.2, 0) is 13.0 Å². The molecular weight excluding hydrogens is 312 g/mol. The zero-order valence-corrected chi connectivity index (χ0v) is 14.2. The molecule has 2 aromatic rings. The average Bonchev–Trinajstić information content (AvgIpc) is 2.94. The van der Waals surface area contributed by atoms with E-state index in [9.17, 15) is 9.90 Å². The molecule has 2 rings (SSSR count). The van der Waals surface area contributed by atoms with E-state index in [0.29, 0.717) is 17.6 Å². The van der Waals surface area contributed by atoms with Gasteiger partial charge in [-0.2, -0.15) is 0 Å². The van der Waals surface area contributed by atoms with E-state index in [4.69, 9.17) is 0 Å². The molecule has 1 heterocycles. The van der Waals surface area contributed by atoms with Crippen LogP contribution in [0.1, 0.15) is 24.4 Å². The molecule has 2 amide bonds. The first-order valence-corrected chi connectivity index (χ1v) is 8.43. The number of amides is 2. The fraction of sp³-hybridized carbons (Fsp3) is 0.438. The Morgan fingerprint density at radius 3 is 2.70 bits per heavy atom. The number of benzene rings is 1. The van der Waals surface area contributed by atoms with Crippen LogP contribution in [0.4, 0.5) is 9.93 Å². The molecule has 6 nitrogen and oxygen atoms in total. The molecule has 23 heavy (non-hydrogen) atoms. The second kappa shape index (κ2) is 8.59. The minimum atomic E-state index is -0.282. The van der Waals surface area contributed by atoms with Crippen LogP contribution in [0, 0.1) is 5.92 Å². The highest BCUT2D eigenvalue weighted by molar-refractivity contribution is 7.15. The van der Waals surface area contributed by atoms with Crippen LogP contribution in [-0.4, -0.2) is 39.4 Å². The molecule has 0 saturated heterocycles. The molecule has 0 radical (unpaired) electrons. The molecule has 0 aliphatic heterocycles. The molecule has 124 valence electrons. The molecule has 2 N–H and O–H groups in total. The van der Waals surface area contributed by atoms with E-state index in [-0.39, 0.29) is 19.2 Å². The van der Waals surface area contributed by atoms with Gasteiger partial charge >= 0.3 is 6.03 Å². The highest BCUT2D eigenvalue weighted by atomic mass is 32.1. The van der Waals surface area contributed by atoms with Gasteiger partial charge in [-0.3, -0.25) is 5.32 Å². The van der Waals surface area contributed by atoms with Gasteiger partial charge in [-0.25, -0.2) is 4.79 Å². The van der Waals surface area contributed by atoms with Crippen LogP contribution >= 0.6 is 11.3 Å². The predicted octanol–water partition coefficient (Wildman–Crippen LogP) is 2.76. The summed E-state index contributed by atoms with van der Waals surface area (Å²) in [6, 6.07) is 9.39. The van der Waals surface area contributed by atoms with E-state index in [2.05, 4.69) is 29.4 Å². The van der Waals surface area contributed by atoms with Gasteiger partial charge in [-0.05, 0) is 11.5 Å². The minimum absolute atomic E-state index is 0.0883. The highest BCUT2D eigenvalue weighted by Gasteiger charge is 2.16. The first-order valence-electron chi connectivity index (χ1n) is 7.61. The van der Waals surface area contributed by atoms with Gasteiger partial charge in [-0.15, -0.1) is 10.2 Å².